The summed E-state index contributed by atoms with van der Waals surface area (Å²) in [6.07, 6.45) is -0.636. The van der Waals surface area contributed by atoms with Gasteiger partial charge in [-0.1, -0.05) is 55.9 Å². The minimum Gasteiger partial charge on any atom is -0.376 e. The molecule has 0 bridgehead atoms. The maximum Gasteiger partial charge on any atom is 0.139 e. The molecule has 0 amide bonds. The van der Waals surface area contributed by atoms with Crippen LogP contribution in [0.3, 0.4) is 0 Å². The van der Waals surface area contributed by atoms with Gasteiger partial charge < -0.3 is 5.11 Å². The predicted molar refractivity (Wildman–Crippen MR) is 62.5 cm³/mol. The molecule has 0 spiro atoms. The Kier molecular flexibility index (Phi) is 3.51. The zero-order valence-corrected chi connectivity index (χ0v) is 9.91. The Hall–Kier alpha value is -1.04. The van der Waals surface area contributed by atoms with Gasteiger partial charge in [-0.05, 0) is 5.56 Å². The van der Waals surface area contributed by atoms with Crippen LogP contribution in [0.2, 0.25) is 19.6 Å². The molecule has 0 saturated heterocycles. The number of hydrogen-bond donors (Lipinski definition) is 1. The van der Waals surface area contributed by atoms with Crippen molar-refractivity contribution in [3.05, 3.63) is 35.9 Å². The van der Waals surface area contributed by atoms with E-state index in [-0.39, 0.29) is 0 Å². The lowest BCUT2D eigenvalue weighted by Crippen LogP contribution is -2.16. The van der Waals surface area contributed by atoms with Crippen LogP contribution in [-0.4, -0.2) is 13.2 Å². The van der Waals surface area contributed by atoms with Gasteiger partial charge in [-0.2, -0.15) is 0 Å². The third-order valence-electron chi connectivity index (χ3n) is 1.70. The van der Waals surface area contributed by atoms with Crippen molar-refractivity contribution in [1.82, 2.24) is 0 Å². The smallest absolute Gasteiger partial charge is 0.139 e. The van der Waals surface area contributed by atoms with E-state index in [0.29, 0.717) is 0 Å². The van der Waals surface area contributed by atoms with Crippen LogP contribution >= 0.6 is 0 Å². The highest BCUT2D eigenvalue weighted by Crippen LogP contribution is 2.10. The van der Waals surface area contributed by atoms with E-state index < -0.39 is 14.2 Å². The second-order valence-electron chi connectivity index (χ2n) is 4.33. The summed E-state index contributed by atoms with van der Waals surface area (Å²) >= 11 is 0. The molecule has 2 heteroatoms. The molecule has 1 aromatic rings. The van der Waals surface area contributed by atoms with Crippen LogP contribution in [0.4, 0.5) is 0 Å². The predicted octanol–water partition coefficient (Wildman–Crippen LogP) is 2.60. The highest BCUT2D eigenvalue weighted by Gasteiger charge is 2.09. The first-order chi connectivity index (χ1) is 6.49. The van der Waals surface area contributed by atoms with Gasteiger partial charge in [-0.15, -0.1) is 5.54 Å². The molecule has 74 valence electrons. The van der Waals surface area contributed by atoms with Crippen molar-refractivity contribution in [2.75, 3.05) is 0 Å². The SMILES string of the molecule is C[Si](C)(C)C#C[C@H](O)c1ccccc1. The van der Waals surface area contributed by atoms with E-state index in [0.717, 1.165) is 5.56 Å². The summed E-state index contributed by atoms with van der Waals surface area (Å²) in [5, 5.41) is 9.73. The Morgan fingerprint density at radius 3 is 2.21 bits per heavy atom. The highest BCUT2D eigenvalue weighted by atomic mass is 28.3. The maximum atomic E-state index is 9.73. The molecule has 0 saturated carbocycles. The summed E-state index contributed by atoms with van der Waals surface area (Å²) in [7, 11) is -1.37. The average molecular weight is 204 g/mol. The normalized spacial score (nSPS) is 12.9. The molecule has 0 heterocycles. The van der Waals surface area contributed by atoms with Crippen LogP contribution in [0.5, 0.6) is 0 Å². The van der Waals surface area contributed by atoms with Gasteiger partial charge in [-0.3, -0.25) is 0 Å². The molecule has 1 rings (SSSR count). The minimum atomic E-state index is -1.37. The quantitative estimate of drug-likeness (QED) is 0.551. The van der Waals surface area contributed by atoms with Gasteiger partial charge in [0.2, 0.25) is 0 Å². The van der Waals surface area contributed by atoms with Crippen LogP contribution in [0.25, 0.3) is 0 Å². The topological polar surface area (TPSA) is 20.2 Å². The molecule has 1 N–H and O–H groups in total. The van der Waals surface area contributed by atoms with Crippen molar-refractivity contribution in [3.63, 3.8) is 0 Å². The standard InChI is InChI=1S/C12H16OSi/c1-14(2,3)10-9-12(13)11-7-5-4-6-8-11/h4-8,12-13H,1-3H3/t12-/m0/s1. The Labute approximate surface area is 86.8 Å². The summed E-state index contributed by atoms with van der Waals surface area (Å²) in [6.45, 7) is 6.49. The summed E-state index contributed by atoms with van der Waals surface area (Å²) < 4.78 is 0. The number of aliphatic hydroxyl groups is 1. The molecule has 0 aromatic heterocycles. The second-order valence-corrected chi connectivity index (χ2v) is 9.08. The van der Waals surface area contributed by atoms with E-state index in [1.54, 1.807) is 0 Å². The number of hydrogen-bond acceptors (Lipinski definition) is 1. The molecule has 0 fully saturated rings. The fraction of sp³-hybridized carbons (Fsp3) is 0.333. The maximum absolute atomic E-state index is 9.73. The Bertz CT molecular complexity index is 340. The molecular weight excluding hydrogens is 188 g/mol. The summed E-state index contributed by atoms with van der Waals surface area (Å²) in [5.41, 5.74) is 4.03. The number of benzene rings is 1. The molecule has 0 unspecified atom stereocenters. The zero-order chi connectivity index (χ0) is 10.6. The lowest BCUT2D eigenvalue weighted by Gasteiger charge is -2.06. The van der Waals surface area contributed by atoms with Gasteiger partial charge >= 0.3 is 0 Å². The summed E-state index contributed by atoms with van der Waals surface area (Å²) in [4.78, 5) is 0. The largest absolute Gasteiger partial charge is 0.376 e. The van der Waals surface area contributed by atoms with Crippen LogP contribution < -0.4 is 0 Å². The van der Waals surface area contributed by atoms with Crippen LogP contribution in [0, 0.1) is 11.5 Å². The number of rotatable bonds is 1. The van der Waals surface area contributed by atoms with Crippen molar-refractivity contribution in [2.24, 2.45) is 0 Å². The van der Waals surface area contributed by atoms with E-state index in [4.69, 9.17) is 0 Å². The number of aliphatic hydroxyl groups excluding tert-OH is 1. The van der Waals surface area contributed by atoms with Gasteiger partial charge in [0.25, 0.3) is 0 Å². The van der Waals surface area contributed by atoms with Gasteiger partial charge in [0, 0.05) is 0 Å². The van der Waals surface area contributed by atoms with Crippen LogP contribution in [0.15, 0.2) is 30.3 Å². The lowest BCUT2D eigenvalue weighted by molar-refractivity contribution is 0.238. The van der Waals surface area contributed by atoms with Gasteiger partial charge in [0.15, 0.2) is 0 Å². The van der Waals surface area contributed by atoms with Crippen molar-refractivity contribution >= 4 is 8.07 Å². The van der Waals surface area contributed by atoms with E-state index in [2.05, 4.69) is 31.1 Å². The van der Waals surface area contributed by atoms with Crippen molar-refractivity contribution < 1.29 is 5.11 Å². The van der Waals surface area contributed by atoms with Crippen LogP contribution in [-0.2, 0) is 0 Å². The summed E-state index contributed by atoms with van der Waals surface area (Å²) in [5.74, 6) is 2.91. The molecule has 0 aliphatic heterocycles. The molecule has 1 nitrogen and oxygen atoms in total. The van der Waals surface area contributed by atoms with Crippen molar-refractivity contribution in [1.29, 1.82) is 0 Å². The van der Waals surface area contributed by atoms with Crippen molar-refractivity contribution in [3.8, 4) is 11.5 Å². The zero-order valence-electron chi connectivity index (χ0n) is 8.91. The Morgan fingerprint density at radius 2 is 1.71 bits per heavy atom. The fourth-order valence-corrected chi connectivity index (χ4v) is 1.57. The van der Waals surface area contributed by atoms with E-state index in [1.165, 1.54) is 0 Å². The second kappa shape index (κ2) is 4.45. The molecule has 0 aliphatic rings. The highest BCUT2D eigenvalue weighted by molar-refractivity contribution is 6.83. The molecule has 14 heavy (non-hydrogen) atoms. The van der Waals surface area contributed by atoms with E-state index >= 15 is 0 Å². The first-order valence-electron chi connectivity index (χ1n) is 4.75. The molecule has 1 atom stereocenters. The summed E-state index contributed by atoms with van der Waals surface area (Å²) in [6, 6.07) is 9.54. The van der Waals surface area contributed by atoms with E-state index in [1.807, 2.05) is 30.3 Å². The third kappa shape index (κ3) is 3.78. The molecular formula is C12H16OSi. The monoisotopic (exact) mass is 204 g/mol. The third-order valence-corrected chi connectivity index (χ3v) is 2.59. The first kappa shape index (κ1) is 11.0. The van der Waals surface area contributed by atoms with Crippen LogP contribution in [0.1, 0.15) is 11.7 Å². The molecule has 0 aliphatic carbocycles. The van der Waals surface area contributed by atoms with Gasteiger partial charge in [0.05, 0.1) is 0 Å². The minimum absolute atomic E-state index is 0.636. The Balaban J connectivity index is 2.76. The average Bonchev–Trinajstić information content (AvgIpc) is 2.14. The fourth-order valence-electron chi connectivity index (χ4n) is 1.00. The molecule has 0 radical (unpaired) electrons. The first-order valence-corrected chi connectivity index (χ1v) is 8.25. The lowest BCUT2D eigenvalue weighted by atomic mass is 10.1. The van der Waals surface area contributed by atoms with Gasteiger partial charge in [0.1, 0.15) is 14.2 Å². The van der Waals surface area contributed by atoms with Crippen molar-refractivity contribution in [2.45, 2.75) is 25.7 Å². The van der Waals surface area contributed by atoms with E-state index in [9.17, 15) is 5.11 Å². The molecule has 1 aromatic carbocycles. The van der Waals surface area contributed by atoms with Gasteiger partial charge in [-0.25, -0.2) is 0 Å². The Morgan fingerprint density at radius 1 is 1.14 bits per heavy atom.